The number of hydrogen-bond donors (Lipinski definition) is 0. The number of nitrogens with zero attached hydrogens (tertiary/aromatic N) is 3. The minimum Gasteiger partial charge on any atom is -0.471 e. The van der Waals surface area contributed by atoms with Crippen molar-refractivity contribution in [2.24, 2.45) is 28.8 Å². The Kier molecular flexibility index (Phi) is 5.26. The van der Waals surface area contributed by atoms with Crippen molar-refractivity contribution in [2.45, 2.75) is 19.4 Å². The Morgan fingerprint density at radius 3 is 2.45 bits per heavy atom. The molecule has 0 aromatic heterocycles. The van der Waals surface area contributed by atoms with Gasteiger partial charge in [-0.1, -0.05) is 23.8 Å². The first kappa shape index (κ1) is 21.0. The summed E-state index contributed by atoms with van der Waals surface area (Å²) < 4.78 is 10.1. The van der Waals surface area contributed by atoms with Gasteiger partial charge in [-0.2, -0.15) is 10.1 Å². The number of rotatable bonds is 6. The Morgan fingerprint density at radius 1 is 1.29 bits per heavy atom. The largest absolute Gasteiger partial charge is 0.471 e. The highest BCUT2D eigenvalue weighted by atomic mass is 35.5. The number of imide groups is 1. The van der Waals surface area contributed by atoms with E-state index in [1.165, 1.54) is 13.0 Å². The first-order valence-electron chi connectivity index (χ1n) is 9.55. The van der Waals surface area contributed by atoms with Crippen LogP contribution < -0.4 is 4.74 Å². The molecule has 31 heavy (non-hydrogen) atoms. The van der Waals surface area contributed by atoms with Gasteiger partial charge in [-0.25, -0.2) is 4.79 Å². The first-order chi connectivity index (χ1) is 14.7. The molecule has 1 saturated carbocycles. The Balaban J connectivity index is 1.67. The smallest absolute Gasteiger partial charge is 0.346 e. The van der Waals surface area contributed by atoms with Gasteiger partial charge in [0, 0.05) is 16.7 Å². The van der Waals surface area contributed by atoms with Gasteiger partial charge in [-0.05, 0) is 31.2 Å². The van der Waals surface area contributed by atoms with E-state index in [9.17, 15) is 24.5 Å². The Morgan fingerprint density at radius 2 is 1.90 bits per heavy atom. The highest BCUT2D eigenvalue weighted by Gasteiger charge is 2.59. The summed E-state index contributed by atoms with van der Waals surface area (Å²) in [6.07, 6.45) is 4.65. The van der Waals surface area contributed by atoms with Crippen LogP contribution in [0.15, 0.2) is 29.4 Å². The van der Waals surface area contributed by atoms with E-state index >= 15 is 0 Å². The molecule has 4 rings (SSSR count). The molecule has 0 N–H and O–H groups in total. The fourth-order valence-corrected chi connectivity index (χ4v) is 4.69. The van der Waals surface area contributed by atoms with Crippen molar-refractivity contribution < 1.29 is 28.8 Å². The molecule has 162 valence electrons. The van der Waals surface area contributed by atoms with E-state index in [4.69, 9.17) is 16.3 Å². The number of benzene rings is 1. The number of allylic oxidation sites excluding steroid dienone is 2. The number of fused-ring (bicyclic) bond motifs is 5. The first-order valence-corrected chi connectivity index (χ1v) is 9.93. The van der Waals surface area contributed by atoms with Crippen LogP contribution in [0.25, 0.3) is 0 Å². The summed E-state index contributed by atoms with van der Waals surface area (Å²) in [7, 11) is 1.16. The third-order valence-corrected chi connectivity index (χ3v) is 6.06. The zero-order chi connectivity index (χ0) is 22.4. The minimum atomic E-state index is -1.16. The second-order valence-electron chi connectivity index (χ2n) is 7.62. The lowest BCUT2D eigenvalue weighted by Gasteiger charge is -2.15. The van der Waals surface area contributed by atoms with E-state index in [0.29, 0.717) is 0 Å². The number of carbonyl (C=O) groups is 3. The zero-order valence-electron chi connectivity index (χ0n) is 16.6. The molecule has 1 aliphatic heterocycles. The summed E-state index contributed by atoms with van der Waals surface area (Å²) in [6, 6.07) is 2.40. The number of nitro benzene ring substituents is 1. The van der Waals surface area contributed by atoms with Gasteiger partial charge in [0.25, 0.3) is 11.8 Å². The summed E-state index contributed by atoms with van der Waals surface area (Å²) in [5.41, 5.74) is -0.461. The number of amides is 2. The molecule has 2 aliphatic carbocycles. The fourth-order valence-electron chi connectivity index (χ4n) is 4.47. The van der Waals surface area contributed by atoms with Crippen LogP contribution in [0.2, 0.25) is 5.02 Å². The van der Waals surface area contributed by atoms with Crippen molar-refractivity contribution in [1.29, 1.82) is 0 Å². The van der Waals surface area contributed by atoms with Crippen molar-refractivity contribution >= 4 is 41.3 Å². The lowest BCUT2D eigenvalue weighted by atomic mass is 9.85. The van der Waals surface area contributed by atoms with E-state index in [1.54, 1.807) is 0 Å². The van der Waals surface area contributed by atoms with Crippen molar-refractivity contribution in [1.82, 2.24) is 5.01 Å². The molecule has 10 nitrogen and oxygen atoms in total. The SMILES string of the molecule is COC(=O)[C@@H](C)Oc1c(C=NN2C(=O)[C@@H]3[C@H](C2=O)[C@H]2C=C[C@H]3C2)cc(Cl)cc1[N+](=O)[O-]. The zero-order valence-corrected chi connectivity index (χ0v) is 17.3. The lowest BCUT2D eigenvalue weighted by Crippen LogP contribution is -2.28. The van der Waals surface area contributed by atoms with Crippen LogP contribution in [-0.4, -0.2) is 47.1 Å². The van der Waals surface area contributed by atoms with Crippen molar-refractivity contribution in [3.8, 4) is 5.75 Å². The average molecular weight is 448 g/mol. The Hall–Kier alpha value is -3.27. The van der Waals surface area contributed by atoms with Gasteiger partial charge in [0.05, 0.1) is 30.1 Å². The number of halogens is 1. The molecular weight excluding hydrogens is 430 g/mol. The number of methoxy groups -OCH3 is 1. The number of esters is 1. The highest BCUT2D eigenvalue weighted by Crippen LogP contribution is 2.52. The van der Waals surface area contributed by atoms with Crippen LogP contribution in [-0.2, 0) is 19.1 Å². The standard InChI is InChI=1S/C20H18ClN3O7/c1-9(20(27)30-2)31-17-12(6-13(21)7-14(17)24(28)29)8-22-23-18(25)15-10-3-4-11(5-10)16(15)19(23)26/h3-4,6-11,15-16H,5H2,1-2H3/t9-,10+,11+,15-,16+/m1/s1. The van der Waals surface area contributed by atoms with Gasteiger partial charge in [0.2, 0.25) is 5.75 Å². The van der Waals surface area contributed by atoms with Crippen LogP contribution in [0.5, 0.6) is 5.75 Å². The number of carbonyl (C=O) groups excluding carboxylic acids is 3. The lowest BCUT2D eigenvalue weighted by molar-refractivity contribution is -0.386. The number of hydrogen-bond acceptors (Lipinski definition) is 8. The second-order valence-corrected chi connectivity index (χ2v) is 8.05. The van der Waals surface area contributed by atoms with Gasteiger partial charge < -0.3 is 9.47 Å². The molecule has 11 heteroatoms. The molecule has 1 aromatic rings. The Bertz CT molecular complexity index is 1020. The molecule has 1 saturated heterocycles. The van der Waals surface area contributed by atoms with Crippen molar-refractivity contribution in [3.05, 3.63) is 45.0 Å². The predicted octanol–water partition coefficient (Wildman–Crippen LogP) is 2.33. The molecule has 2 fully saturated rings. The van der Waals surface area contributed by atoms with E-state index < -0.39 is 46.3 Å². The molecule has 2 bridgehead atoms. The summed E-state index contributed by atoms with van der Waals surface area (Å²) in [5, 5.41) is 16.3. The number of nitro groups is 1. The van der Waals surface area contributed by atoms with Gasteiger partial charge >= 0.3 is 11.7 Å². The molecular formula is C20H18ClN3O7. The van der Waals surface area contributed by atoms with Crippen molar-refractivity contribution in [2.75, 3.05) is 7.11 Å². The predicted molar refractivity (Wildman–Crippen MR) is 107 cm³/mol. The molecule has 5 atom stereocenters. The topological polar surface area (TPSA) is 128 Å². The normalized spacial score (nSPS) is 27.1. The van der Waals surface area contributed by atoms with E-state index in [1.807, 2.05) is 12.2 Å². The van der Waals surface area contributed by atoms with Crippen LogP contribution in [0, 0.1) is 33.8 Å². The summed E-state index contributed by atoms with van der Waals surface area (Å²) in [4.78, 5) is 48.1. The van der Waals surface area contributed by atoms with E-state index in [2.05, 4.69) is 9.84 Å². The van der Waals surface area contributed by atoms with Gasteiger partial charge in [0.15, 0.2) is 6.10 Å². The summed E-state index contributed by atoms with van der Waals surface area (Å²) in [6.45, 7) is 1.36. The molecule has 0 unspecified atom stereocenters. The van der Waals surface area contributed by atoms with Crippen LogP contribution >= 0.6 is 11.6 Å². The fraction of sp³-hybridized carbons (Fsp3) is 0.400. The quantitative estimate of drug-likeness (QED) is 0.163. The molecule has 0 radical (unpaired) electrons. The minimum absolute atomic E-state index is 0.0180. The third-order valence-electron chi connectivity index (χ3n) is 5.85. The van der Waals surface area contributed by atoms with Gasteiger partial charge in [0.1, 0.15) is 0 Å². The second kappa shape index (κ2) is 7.77. The number of hydrazone groups is 1. The molecule has 3 aliphatic rings. The molecule has 0 spiro atoms. The van der Waals surface area contributed by atoms with E-state index in [0.717, 1.165) is 30.8 Å². The van der Waals surface area contributed by atoms with Crippen molar-refractivity contribution in [3.63, 3.8) is 0 Å². The highest BCUT2D eigenvalue weighted by molar-refractivity contribution is 6.31. The maximum atomic E-state index is 12.8. The van der Waals surface area contributed by atoms with Crippen LogP contribution in [0.3, 0.4) is 0 Å². The van der Waals surface area contributed by atoms with E-state index in [-0.39, 0.29) is 28.2 Å². The van der Waals surface area contributed by atoms with Crippen LogP contribution in [0.4, 0.5) is 5.69 Å². The summed E-state index contributed by atoms with van der Waals surface area (Å²) in [5.74, 6) is -2.62. The molecule has 1 aromatic carbocycles. The number of ether oxygens (including phenoxy) is 2. The molecule has 1 heterocycles. The van der Waals surface area contributed by atoms with Crippen LogP contribution in [0.1, 0.15) is 18.9 Å². The monoisotopic (exact) mass is 447 g/mol. The maximum absolute atomic E-state index is 12.8. The Labute approximate surface area is 181 Å². The maximum Gasteiger partial charge on any atom is 0.346 e. The summed E-state index contributed by atoms with van der Waals surface area (Å²) >= 11 is 6.00. The van der Waals surface area contributed by atoms with Gasteiger partial charge in [-0.15, -0.1) is 0 Å². The third kappa shape index (κ3) is 3.46. The molecule has 2 amide bonds. The van der Waals surface area contributed by atoms with Gasteiger partial charge in [-0.3, -0.25) is 19.7 Å². The average Bonchev–Trinajstić information content (AvgIpc) is 3.41.